The van der Waals surface area contributed by atoms with Crippen molar-refractivity contribution >= 4 is 16.8 Å². The topological polar surface area (TPSA) is 79.5 Å². The number of benzene rings is 1. The Morgan fingerprint density at radius 3 is 2.59 bits per heavy atom. The van der Waals surface area contributed by atoms with Gasteiger partial charge in [-0.2, -0.15) is 0 Å². The van der Waals surface area contributed by atoms with Gasteiger partial charge in [-0.25, -0.2) is 0 Å². The third kappa shape index (κ3) is 3.42. The van der Waals surface area contributed by atoms with E-state index in [0.717, 1.165) is 16.5 Å². The molecule has 0 fully saturated rings. The van der Waals surface area contributed by atoms with Gasteiger partial charge in [-0.3, -0.25) is 9.59 Å². The summed E-state index contributed by atoms with van der Waals surface area (Å²) in [6, 6.07) is 14.5. The second kappa shape index (κ2) is 6.99. The number of carbonyl (C=O) groups excluding carboxylic acids is 1. The first kappa shape index (κ1) is 16.9. The van der Waals surface area contributed by atoms with Gasteiger partial charge in [0.05, 0.1) is 31.1 Å². The third-order valence-electron chi connectivity index (χ3n) is 4.47. The molecule has 1 amide bonds. The van der Waals surface area contributed by atoms with Gasteiger partial charge in [0.2, 0.25) is 0 Å². The molecule has 0 unspecified atom stereocenters. The van der Waals surface area contributed by atoms with Crippen LogP contribution in [0.3, 0.4) is 0 Å². The summed E-state index contributed by atoms with van der Waals surface area (Å²) in [6.45, 7) is 2.32. The lowest BCUT2D eigenvalue weighted by molar-refractivity contribution is 0.0684. The standard InChI is InChI=1S/C21H18N2O4/c1-14-5-2-6-15-11-16(20(24)22-19(14)15)12-23(13-17-7-3-9-26-17)21(25)18-8-4-10-27-18/h2-11H,12-13H2,1H3,(H,22,24). The average Bonchev–Trinajstić information content (AvgIpc) is 3.36. The van der Waals surface area contributed by atoms with E-state index in [9.17, 15) is 9.59 Å². The van der Waals surface area contributed by atoms with Crippen LogP contribution in [0.2, 0.25) is 0 Å². The Bertz CT molecular complexity index is 1120. The maximum Gasteiger partial charge on any atom is 0.290 e. The van der Waals surface area contributed by atoms with Crippen LogP contribution < -0.4 is 5.56 Å². The number of furan rings is 2. The fourth-order valence-corrected chi connectivity index (χ4v) is 3.10. The van der Waals surface area contributed by atoms with Crippen LogP contribution in [-0.4, -0.2) is 15.8 Å². The number of hydrogen-bond donors (Lipinski definition) is 1. The maximum atomic E-state index is 12.8. The minimum absolute atomic E-state index is 0.138. The first-order chi connectivity index (χ1) is 13.1. The maximum absolute atomic E-state index is 12.8. The van der Waals surface area contributed by atoms with Crippen LogP contribution in [0.25, 0.3) is 10.9 Å². The number of para-hydroxylation sites is 1. The van der Waals surface area contributed by atoms with Gasteiger partial charge in [-0.15, -0.1) is 0 Å². The number of aromatic amines is 1. The number of carbonyl (C=O) groups is 1. The summed E-state index contributed by atoms with van der Waals surface area (Å²) in [7, 11) is 0. The smallest absolute Gasteiger partial charge is 0.290 e. The van der Waals surface area contributed by atoms with Crippen molar-refractivity contribution in [3.8, 4) is 0 Å². The monoisotopic (exact) mass is 362 g/mol. The number of pyridine rings is 1. The zero-order valence-corrected chi connectivity index (χ0v) is 14.8. The van der Waals surface area contributed by atoms with E-state index in [2.05, 4.69) is 4.98 Å². The number of hydrogen-bond acceptors (Lipinski definition) is 4. The number of H-pyrrole nitrogens is 1. The molecule has 0 spiro atoms. The van der Waals surface area contributed by atoms with Crippen molar-refractivity contribution in [1.82, 2.24) is 9.88 Å². The van der Waals surface area contributed by atoms with E-state index in [1.807, 2.05) is 31.2 Å². The number of fused-ring (bicyclic) bond motifs is 1. The predicted molar refractivity (Wildman–Crippen MR) is 100 cm³/mol. The predicted octanol–water partition coefficient (Wildman–Crippen LogP) is 3.87. The zero-order chi connectivity index (χ0) is 18.8. The Morgan fingerprint density at radius 1 is 1.04 bits per heavy atom. The van der Waals surface area contributed by atoms with Gasteiger partial charge in [0.15, 0.2) is 5.76 Å². The molecule has 136 valence electrons. The largest absolute Gasteiger partial charge is 0.467 e. The summed E-state index contributed by atoms with van der Waals surface area (Å²) < 4.78 is 10.6. The lowest BCUT2D eigenvalue weighted by atomic mass is 10.1. The van der Waals surface area contributed by atoms with Crippen molar-refractivity contribution in [3.63, 3.8) is 0 Å². The van der Waals surface area contributed by atoms with E-state index in [-0.39, 0.29) is 30.3 Å². The van der Waals surface area contributed by atoms with Crippen molar-refractivity contribution in [2.45, 2.75) is 20.0 Å². The average molecular weight is 362 g/mol. The molecule has 27 heavy (non-hydrogen) atoms. The number of rotatable bonds is 5. The summed E-state index contributed by atoms with van der Waals surface area (Å²) >= 11 is 0. The van der Waals surface area contributed by atoms with E-state index in [1.165, 1.54) is 11.2 Å². The van der Waals surface area contributed by atoms with E-state index in [4.69, 9.17) is 8.83 Å². The van der Waals surface area contributed by atoms with Gasteiger partial charge >= 0.3 is 0 Å². The lowest BCUT2D eigenvalue weighted by Crippen LogP contribution is -2.32. The molecular formula is C21H18N2O4. The number of nitrogens with one attached hydrogen (secondary N) is 1. The van der Waals surface area contributed by atoms with E-state index < -0.39 is 0 Å². The van der Waals surface area contributed by atoms with Crippen molar-refractivity contribution in [3.05, 3.63) is 94.1 Å². The summed E-state index contributed by atoms with van der Waals surface area (Å²) in [5.74, 6) is 0.540. The second-order valence-electron chi connectivity index (χ2n) is 6.38. The normalized spacial score (nSPS) is 11.0. The van der Waals surface area contributed by atoms with Crippen molar-refractivity contribution in [2.24, 2.45) is 0 Å². The van der Waals surface area contributed by atoms with Crippen molar-refractivity contribution < 1.29 is 13.6 Å². The molecule has 4 aromatic rings. The molecule has 3 heterocycles. The van der Waals surface area contributed by atoms with Crippen LogP contribution in [0.1, 0.15) is 27.4 Å². The van der Waals surface area contributed by atoms with E-state index in [0.29, 0.717) is 11.3 Å². The van der Waals surface area contributed by atoms with Gasteiger partial charge in [0.1, 0.15) is 5.76 Å². The van der Waals surface area contributed by atoms with Crippen LogP contribution in [0.15, 0.2) is 74.7 Å². The lowest BCUT2D eigenvalue weighted by Gasteiger charge is -2.20. The summed E-state index contributed by atoms with van der Waals surface area (Å²) in [4.78, 5) is 29.9. The Morgan fingerprint density at radius 2 is 1.85 bits per heavy atom. The van der Waals surface area contributed by atoms with Gasteiger partial charge in [0, 0.05) is 5.56 Å². The minimum Gasteiger partial charge on any atom is -0.467 e. The summed E-state index contributed by atoms with van der Waals surface area (Å²) in [5.41, 5.74) is 2.09. The van der Waals surface area contributed by atoms with Crippen molar-refractivity contribution in [1.29, 1.82) is 0 Å². The molecule has 1 aromatic carbocycles. The van der Waals surface area contributed by atoms with Gasteiger partial charge < -0.3 is 18.7 Å². The highest BCUT2D eigenvalue weighted by atomic mass is 16.3. The first-order valence-electron chi connectivity index (χ1n) is 8.58. The Labute approximate surface area is 155 Å². The molecule has 0 saturated carbocycles. The number of amides is 1. The quantitative estimate of drug-likeness (QED) is 0.584. The minimum atomic E-state index is -0.305. The van der Waals surface area contributed by atoms with Gasteiger partial charge in [0.25, 0.3) is 11.5 Å². The molecule has 4 rings (SSSR count). The fourth-order valence-electron chi connectivity index (χ4n) is 3.10. The van der Waals surface area contributed by atoms with E-state index in [1.54, 1.807) is 30.5 Å². The highest BCUT2D eigenvalue weighted by Crippen LogP contribution is 2.18. The van der Waals surface area contributed by atoms with Crippen LogP contribution in [0, 0.1) is 6.92 Å². The highest BCUT2D eigenvalue weighted by Gasteiger charge is 2.21. The zero-order valence-electron chi connectivity index (χ0n) is 14.8. The van der Waals surface area contributed by atoms with Crippen LogP contribution in [0.4, 0.5) is 0 Å². The molecule has 0 aliphatic rings. The summed E-state index contributed by atoms with van der Waals surface area (Å²) in [6.07, 6.45) is 3.00. The number of nitrogens with zero attached hydrogens (tertiary/aromatic N) is 1. The van der Waals surface area contributed by atoms with Crippen molar-refractivity contribution in [2.75, 3.05) is 0 Å². The number of aryl methyl sites for hydroxylation is 1. The third-order valence-corrected chi connectivity index (χ3v) is 4.47. The molecule has 0 atom stereocenters. The Balaban J connectivity index is 1.70. The molecular weight excluding hydrogens is 344 g/mol. The molecule has 0 aliphatic carbocycles. The highest BCUT2D eigenvalue weighted by molar-refractivity contribution is 5.91. The van der Waals surface area contributed by atoms with Gasteiger partial charge in [-0.05, 0) is 48.2 Å². The molecule has 6 nitrogen and oxygen atoms in total. The Kier molecular flexibility index (Phi) is 4.38. The SMILES string of the molecule is Cc1cccc2cc(CN(Cc3ccco3)C(=O)c3ccco3)c(=O)[nH]c12. The first-order valence-corrected chi connectivity index (χ1v) is 8.58. The second-order valence-corrected chi connectivity index (χ2v) is 6.38. The molecule has 3 aromatic heterocycles. The Hall–Kier alpha value is -3.54. The fraction of sp³-hybridized carbons (Fsp3) is 0.143. The van der Waals surface area contributed by atoms with Crippen LogP contribution in [-0.2, 0) is 13.1 Å². The van der Waals surface area contributed by atoms with Crippen LogP contribution >= 0.6 is 0 Å². The number of aromatic nitrogens is 1. The van der Waals surface area contributed by atoms with Gasteiger partial charge in [-0.1, -0.05) is 18.2 Å². The molecule has 0 radical (unpaired) electrons. The molecule has 1 N–H and O–H groups in total. The van der Waals surface area contributed by atoms with Crippen LogP contribution in [0.5, 0.6) is 0 Å². The molecule has 6 heteroatoms. The summed E-state index contributed by atoms with van der Waals surface area (Å²) in [5, 5.41) is 0.924. The van der Waals surface area contributed by atoms with E-state index >= 15 is 0 Å². The molecule has 0 aliphatic heterocycles. The molecule has 0 saturated heterocycles. The molecule has 0 bridgehead atoms.